The van der Waals surface area contributed by atoms with Gasteiger partial charge < -0.3 is 15.4 Å². The Hall–Kier alpha value is -2.83. The first kappa shape index (κ1) is 17.0. The number of aromatic nitrogens is 2. The van der Waals surface area contributed by atoms with Crippen molar-refractivity contribution in [3.8, 4) is 5.75 Å². The van der Waals surface area contributed by atoms with Crippen LogP contribution in [0.25, 0.3) is 0 Å². The first-order valence-corrected chi connectivity index (χ1v) is 8.13. The van der Waals surface area contributed by atoms with Crippen LogP contribution in [0.5, 0.6) is 5.75 Å². The molecule has 2 N–H and O–H groups in total. The molecule has 0 unspecified atom stereocenters. The second-order valence-electron chi connectivity index (χ2n) is 7.17. The number of hydrogen-bond donors (Lipinski definition) is 2. The van der Waals surface area contributed by atoms with Crippen molar-refractivity contribution in [3.05, 3.63) is 35.5 Å². The molecule has 2 aromatic rings. The number of ether oxygens (including phenoxy) is 1. The molecular weight excluding hydrogens is 320 g/mol. The first-order valence-electron chi connectivity index (χ1n) is 8.13. The Labute approximate surface area is 146 Å². The molecule has 1 aliphatic heterocycles. The van der Waals surface area contributed by atoms with Gasteiger partial charge in [-0.3, -0.25) is 14.3 Å². The van der Waals surface area contributed by atoms with Crippen LogP contribution >= 0.6 is 0 Å². The highest BCUT2D eigenvalue weighted by Crippen LogP contribution is 2.34. The minimum Gasteiger partial charge on any atom is -0.478 e. The predicted molar refractivity (Wildman–Crippen MR) is 95.0 cm³/mol. The van der Waals surface area contributed by atoms with Crippen molar-refractivity contribution in [2.24, 2.45) is 7.05 Å². The SMILES string of the molecule is C[C@H]1Oc2c(cccc2C(=O)Nc2cc(C(C)(C)C)nn2C)NC1=O. The maximum absolute atomic E-state index is 12.7. The lowest BCUT2D eigenvalue weighted by Crippen LogP contribution is -2.35. The highest BCUT2D eigenvalue weighted by molar-refractivity contribution is 6.09. The highest BCUT2D eigenvalue weighted by Gasteiger charge is 2.28. The number of amides is 2. The Balaban J connectivity index is 1.90. The standard InChI is InChI=1S/C18H22N4O3/c1-10-16(23)19-12-8-6-7-11(15(12)25-10)17(24)20-14-9-13(18(2,3)4)21-22(14)5/h6-10H,1-5H3,(H,19,23)(H,20,24)/t10-/m1/s1. The number of hydrogen-bond acceptors (Lipinski definition) is 4. The number of para-hydroxylation sites is 1. The molecule has 7 heteroatoms. The summed E-state index contributed by atoms with van der Waals surface area (Å²) in [5.41, 5.74) is 1.63. The number of carbonyl (C=O) groups is 2. The largest absolute Gasteiger partial charge is 0.478 e. The summed E-state index contributed by atoms with van der Waals surface area (Å²) in [6, 6.07) is 6.94. The fourth-order valence-electron chi connectivity index (χ4n) is 2.54. The van der Waals surface area contributed by atoms with Gasteiger partial charge >= 0.3 is 0 Å². The lowest BCUT2D eigenvalue weighted by molar-refractivity contribution is -0.122. The number of nitrogens with zero attached hydrogens (tertiary/aromatic N) is 2. The molecule has 0 saturated carbocycles. The summed E-state index contributed by atoms with van der Waals surface area (Å²) < 4.78 is 7.27. The Morgan fingerprint density at radius 2 is 2.08 bits per heavy atom. The van der Waals surface area contributed by atoms with Crippen molar-refractivity contribution in [2.45, 2.75) is 39.2 Å². The quantitative estimate of drug-likeness (QED) is 0.879. The van der Waals surface area contributed by atoms with Crippen LogP contribution in [0.3, 0.4) is 0 Å². The van der Waals surface area contributed by atoms with Crippen LogP contribution in [0.2, 0.25) is 0 Å². The van der Waals surface area contributed by atoms with Crippen molar-refractivity contribution in [1.29, 1.82) is 0 Å². The number of carbonyl (C=O) groups excluding carboxylic acids is 2. The first-order chi connectivity index (χ1) is 11.7. The van der Waals surface area contributed by atoms with Crippen molar-refractivity contribution >= 4 is 23.3 Å². The fourth-order valence-corrected chi connectivity index (χ4v) is 2.54. The maximum atomic E-state index is 12.7. The third kappa shape index (κ3) is 3.22. The molecule has 1 atom stereocenters. The summed E-state index contributed by atoms with van der Waals surface area (Å²) in [7, 11) is 1.78. The second kappa shape index (κ2) is 5.91. The van der Waals surface area contributed by atoms with E-state index < -0.39 is 6.10 Å². The molecule has 7 nitrogen and oxygen atoms in total. The van der Waals surface area contributed by atoms with Gasteiger partial charge in [-0.15, -0.1) is 0 Å². The normalized spacial score (nSPS) is 16.7. The zero-order chi connectivity index (χ0) is 18.4. The van der Waals surface area contributed by atoms with Crippen LogP contribution in [0.15, 0.2) is 24.3 Å². The smallest absolute Gasteiger partial charge is 0.265 e. The molecule has 25 heavy (non-hydrogen) atoms. The number of rotatable bonds is 2. The molecule has 2 heterocycles. The molecule has 0 radical (unpaired) electrons. The summed E-state index contributed by atoms with van der Waals surface area (Å²) in [6.07, 6.45) is -0.648. The molecule has 3 rings (SSSR count). The zero-order valence-electron chi connectivity index (χ0n) is 15.0. The Morgan fingerprint density at radius 1 is 1.36 bits per heavy atom. The number of aryl methyl sites for hydroxylation is 1. The van der Waals surface area contributed by atoms with Gasteiger partial charge in [0.1, 0.15) is 5.82 Å². The molecule has 0 fully saturated rings. The molecule has 0 saturated heterocycles. The van der Waals surface area contributed by atoms with E-state index in [0.29, 0.717) is 22.8 Å². The van der Waals surface area contributed by atoms with Gasteiger partial charge in [0.2, 0.25) is 0 Å². The van der Waals surface area contributed by atoms with Gasteiger partial charge in [-0.25, -0.2) is 0 Å². The van der Waals surface area contributed by atoms with Crippen LogP contribution < -0.4 is 15.4 Å². The second-order valence-corrected chi connectivity index (χ2v) is 7.17. The topological polar surface area (TPSA) is 85.2 Å². The zero-order valence-corrected chi connectivity index (χ0v) is 15.0. The van der Waals surface area contributed by atoms with Gasteiger partial charge in [-0.2, -0.15) is 5.10 Å². The average Bonchev–Trinajstić information content (AvgIpc) is 2.89. The van der Waals surface area contributed by atoms with Gasteiger partial charge in [0.05, 0.1) is 16.9 Å². The van der Waals surface area contributed by atoms with Gasteiger partial charge in [-0.1, -0.05) is 26.8 Å². The van der Waals surface area contributed by atoms with Crippen LogP contribution in [-0.2, 0) is 17.3 Å². The molecule has 1 aromatic carbocycles. The summed E-state index contributed by atoms with van der Waals surface area (Å²) in [5.74, 6) is 0.431. The van der Waals surface area contributed by atoms with E-state index in [-0.39, 0.29) is 17.2 Å². The molecule has 132 valence electrons. The van der Waals surface area contributed by atoms with E-state index in [0.717, 1.165) is 5.69 Å². The minimum atomic E-state index is -0.648. The van der Waals surface area contributed by atoms with E-state index in [1.807, 2.05) is 6.07 Å². The molecule has 0 bridgehead atoms. The van der Waals surface area contributed by atoms with E-state index in [4.69, 9.17) is 4.74 Å². The molecule has 1 aliphatic rings. The maximum Gasteiger partial charge on any atom is 0.265 e. The minimum absolute atomic E-state index is 0.116. The van der Waals surface area contributed by atoms with Gasteiger partial charge in [-0.05, 0) is 19.1 Å². The Kier molecular flexibility index (Phi) is 4.02. The predicted octanol–water partition coefficient (Wildman–Crippen LogP) is 2.69. The number of benzene rings is 1. The van der Waals surface area contributed by atoms with E-state index in [1.165, 1.54) is 0 Å². The van der Waals surface area contributed by atoms with Crippen molar-refractivity contribution in [1.82, 2.24) is 9.78 Å². The van der Waals surface area contributed by atoms with Crippen molar-refractivity contribution in [3.63, 3.8) is 0 Å². The summed E-state index contributed by atoms with van der Waals surface area (Å²) >= 11 is 0. The van der Waals surface area contributed by atoms with Crippen LogP contribution in [0.1, 0.15) is 43.7 Å². The lowest BCUT2D eigenvalue weighted by atomic mass is 9.92. The molecule has 1 aromatic heterocycles. The van der Waals surface area contributed by atoms with E-state index >= 15 is 0 Å². The van der Waals surface area contributed by atoms with Crippen LogP contribution in [0.4, 0.5) is 11.5 Å². The fraction of sp³-hybridized carbons (Fsp3) is 0.389. The van der Waals surface area contributed by atoms with Crippen molar-refractivity contribution in [2.75, 3.05) is 10.6 Å². The average molecular weight is 342 g/mol. The van der Waals surface area contributed by atoms with E-state index in [9.17, 15) is 9.59 Å². The van der Waals surface area contributed by atoms with Crippen LogP contribution in [-0.4, -0.2) is 27.7 Å². The van der Waals surface area contributed by atoms with Gasteiger partial charge in [0.25, 0.3) is 11.8 Å². The highest BCUT2D eigenvalue weighted by atomic mass is 16.5. The molecule has 0 aliphatic carbocycles. The lowest BCUT2D eigenvalue weighted by Gasteiger charge is -2.25. The van der Waals surface area contributed by atoms with Gasteiger partial charge in [0.15, 0.2) is 11.9 Å². The molecule has 0 spiro atoms. The van der Waals surface area contributed by atoms with E-state index in [1.54, 1.807) is 36.9 Å². The number of fused-ring (bicyclic) bond motifs is 1. The number of anilines is 2. The Morgan fingerprint density at radius 3 is 2.72 bits per heavy atom. The van der Waals surface area contributed by atoms with Gasteiger partial charge in [0, 0.05) is 18.5 Å². The third-order valence-electron chi connectivity index (χ3n) is 4.07. The monoisotopic (exact) mass is 342 g/mol. The van der Waals surface area contributed by atoms with E-state index in [2.05, 4.69) is 36.5 Å². The Bertz CT molecular complexity index is 848. The van der Waals surface area contributed by atoms with Crippen molar-refractivity contribution < 1.29 is 14.3 Å². The van der Waals surface area contributed by atoms with Crippen LogP contribution in [0, 0.1) is 0 Å². The summed E-state index contributed by atoms with van der Waals surface area (Å²) in [5, 5.41) is 10.1. The molecular formula is C18H22N4O3. The number of nitrogens with one attached hydrogen (secondary N) is 2. The third-order valence-corrected chi connectivity index (χ3v) is 4.07. The summed E-state index contributed by atoms with van der Waals surface area (Å²) in [6.45, 7) is 7.83. The molecule has 2 amide bonds. The summed E-state index contributed by atoms with van der Waals surface area (Å²) in [4.78, 5) is 24.5.